The number of imidazole rings is 1. The molecular weight excluding hydrogens is 451 g/mol. The molecule has 4 aromatic rings. The minimum Gasteiger partial charge on any atom is -0.494 e. The molecule has 2 N–H and O–H groups in total. The molecule has 0 saturated carbocycles. The maximum atomic E-state index is 12.9. The maximum Gasteiger partial charge on any atom is 0.416 e. The van der Waals surface area contributed by atoms with Gasteiger partial charge in [-0.3, -0.25) is 0 Å². The summed E-state index contributed by atoms with van der Waals surface area (Å²) in [5.41, 5.74) is 1.41. The number of methoxy groups -OCH3 is 1. The highest BCUT2D eigenvalue weighted by Crippen LogP contribution is 2.32. The van der Waals surface area contributed by atoms with Crippen LogP contribution < -0.4 is 10.1 Å². The highest BCUT2D eigenvalue weighted by molar-refractivity contribution is 5.87. The van der Waals surface area contributed by atoms with Crippen molar-refractivity contribution in [1.82, 2.24) is 19.5 Å². The summed E-state index contributed by atoms with van der Waals surface area (Å²) in [5.74, 6) is -0.829. The number of ether oxygens (including phenoxy) is 1. The van der Waals surface area contributed by atoms with E-state index in [1.807, 2.05) is 13.1 Å². The van der Waals surface area contributed by atoms with Crippen molar-refractivity contribution in [1.29, 1.82) is 0 Å². The van der Waals surface area contributed by atoms with Gasteiger partial charge in [-0.1, -0.05) is 12.1 Å². The number of rotatable bonds is 6. The SMILES string of the molecule is COc1cc(Nc2nc(C(=O)O)cc(-c3ccc(C(F)(F)F)cc3)n2)ccc1-n1cnc(C)c1. The van der Waals surface area contributed by atoms with E-state index in [0.717, 1.165) is 23.5 Å². The van der Waals surface area contributed by atoms with Crippen molar-refractivity contribution >= 4 is 17.6 Å². The number of nitrogens with zero attached hydrogens (tertiary/aromatic N) is 4. The summed E-state index contributed by atoms with van der Waals surface area (Å²) < 4.78 is 45.9. The summed E-state index contributed by atoms with van der Waals surface area (Å²) in [6, 6.07) is 10.7. The molecule has 8 nitrogen and oxygen atoms in total. The highest BCUT2D eigenvalue weighted by atomic mass is 19.4. The van der Waals surface area contributed by atoms with Gasteiger partial charge in [0.25, 0.3) is 0 Å². The number of halogens is 3. The third kappa shape index (κ3) is 4.82. The number of hydrogen-bond acceptors (Lipinski definition) is 6. The second-order valence-corrected chi connectivity index (χ2v) is 7.28. The molecule has 0 aliphatic heterocycles. The summed E-state index contributed by atoms with van der Waals surface area (Å²) in [6.45, 7) is 1.86. The summed E-state index contributed by atoms with van der Waals surface area (Å²) >= 11 is 0. The molecule has 0 aliphatic rings. The van der Waals surface area contributed by atoms with Crippen LogP contribution in [-0.2, 0) is 6.18 Å². The topological polar surface area (TPSA) is 102 Å². The van der Waals surface area contributed by atoms with Crippen molar-refractivity contribution in [2.75, 3.05) is 12.4 Å². The molecule has 174 valence electrons. The number of anilines is 2. The lowest BCUT2D eigenvalue weighted by Gasteiger charge is -2.13. The number of aryl methyl sites for hydroxylation is 1. The van der Waals surface area contributed by atoms with Gasteiger partial charge in [-0.2, -0.15) is 13.2 Å². The molecule has 34 heavy (non-hydrogen) atoms. The number of carboxylic acid groups (broad SMARTS) is 1. The summed E-state index contributed by atoms with van der Waals surface area (Å²) in [4.78, 5) is 24.1. The smallest absolute Gasteiger partial charge is 0.416 e. The predicted molar refractivity (Wildman–Crippen MR) is 118 cm³/mol. The summed E-state index contributed by atoms with van der Waals surface area (Å²) in [6.07, 6.45) is -0.999. The first kappa shape index (κ1) is 22.8. The molecule has 0 radical (unpaired) electrons. The lowest BCUT2D eigenvalue weighted by molar-refractivity contribution is -0.137. The number of benzene rings is 2. The molecule has 0 amide bonds. The first-order chi connectivity index (χ1) is 16.1. The Kier molecular flexibility index (Phi) is 5.93. The molecule has 0 bridgehead atoms. The first-order valence-corrected chi connectivity index (χ1v) is 9.90. The van der Waals surface area contributed by atoms with Crippen molar-refractivity contribution in [2.45, 2.75) is 13.1 Å². The average molecular weight is 469 g/mol. The van der Waals surface area contributed by atoms with Crippen LogP contribution in [-0.4, -0.2) is 37.7 Å². The molecule has 0 saturated heterocycles. The Bertz CT molecular complexity index is 1350. The third-order valence-corrected chi connectivity index (χ3v) is 4.88. The molecule has 0 atom stereocenters. The number of hydrogen-bond donors (Lipinski definition) is 2. The molecule has 0 spiro atoms. The Morgan fingerprint density at radius 3 is 2.41 bits per heavy atom. The molecule has 2 aromatic heterocycles. The zero-order chi connectivity index (χ0) is 24.5. The molecule has 4 rings (SSSR count). The number of nitrogens with one attached hydrogen (secondary N) is 1. The van der Waals surface area contributed by atoms with E-state index in [-0.39, 0.29) is 17.3 Å². The second kappa shape index (κ2) is 8.85. The van der Waals surface area contributed by atoms with Crippen LogP contribution in [0.25, 0.3) is 16.9 Å². The van der Waals surface area contributed by atoms with E-state index in [4.69, 9.17) is 4.74 Å². The summed E-state index contributed by atoms with van der Waals surface area (Å²) in [5, 5.41) is 12.4. The molecule has 0 fully saturated rings. The molecule has 2 aromatic carbocycles. The van der Waals surface area contributed by atoms with E-state index in [2.05, 4.69) is 20.3 Å². The van der Waals surface area contributed by atoms with Crippen molar-refractivity contribution in [3.8, 4) is 22.7 Å². The van der Waals surface area contributed by atoms with Gasteiger partial charge >= 0.3 is 12.1 Å². The highest BCUT2D eigenvalue weighted by Gasteiger charge is 2.30. The van der Waals surface area contributed by atoms with Gasteiger partial charge in [-0.15, -0.1) is 0 Å². The van der Waals surface area contributed by atoms with Gasteiger partial charge in [0.15, 0.2) is 5.69 Å². The minimum absolute atomic E-state index is 0.0388. The van der Waals surface area contributed by atoms with Crippen molar-refractivity contribution in [2.24, 2.45) is 0 Å². The number of aromatic carboxylic acids is 1. The molecular formula is C23H18F3N5O3. The third-order valence-electron chi connectivity index (χ3n) is 4.88. The zero-order valence-electron chi connectivity index (χ0n) is 18.0. The lowest BCUT2D eigenvalue weighted by atomic mass is 10.1. The van der Waals surface area contributed by atoms with E-state index >= 15 is 0 Å². The predicted octanol–water partition coefficient (Wildman–Crippen LogP) is 5.11. The van der Waals surface area contributed by atoms with Crippen LogP contribution in [0.1, 0.15) is 21.7 Å². The van der Waals surface area contributed by atoms with Crippen LogP contribution in [0.2, 0.25) is 0 Å². The second-order valence-electron chi connectivity index (χ2n) is 7.28. The van der Waals surface area contributed by atoms with Gasteiger partial charge in [0, 0.05) is 23.5 Å². The van der Waals surface area contributed by atoms with Gasteiger partial charge in [-0.25, -0.2) is 19.7 Å². The Morgan fingerprint density at radius 1 is 1.09 bits per heavy atom. The zero-order valence-corrected chi connectivity index (χ0v) is 18.0. The molecule has 11 heteroatoms. The lowest BCUT2D eigenvalue weighted by Crippen LogP contribution is -2.07. The van der Waals surface area contributed by atoms with Gasteiger partial charge in [0.2, 0.25) is 5.95 Å². The molecule has 0 aliphatic carbocycles. The normalized spacial score (nSPS) is 11.3. The fraction of sp³-hybridized carbons (Fsp3) is 0.130. The van der Waals surface area contributed by atoms with E-state index < -0.39 is 17.7 Å². The Morgan fingerprint density at radius 2 is 1.82 bits per heavy atom. The molecule has 0 unspecified atom stereocenters. The van der Waals surface area contributed by atoms with Crippen molar-refractivity contribution < 1.29 is 27.8 Å². The number of alkyl halides is 3. The van der Waals surface area contributed by atoms with Gasteiger partial charge < -0.3 is 19.7 Å². The van der Waals surface area contributed by atoms with Crippen molar-refractivity contribution in [3.05, 3.63) is 78.0 Å². The first-order valence-electron chi connectivity index (χ1n) is 9.90. The van der Waals surface area contributed by atoms with Gasteiger partial charge in [-0.05, 0) is 37.3 Å². The number of carboxylic acids is 1. The summed E-state index contributed by atoms with van der Waals surface area (Å²) in [7, 11) is 1.51. The maximum absolute atomic E-state index is 12.9. The Labute approximate surface area is 191 Å². The van der Waals surface area contributed by atoms with E-state index in [9.17, 15) is 23.1 Å². The fourth-order valence-electron chi connectivity index (χ4n) is 3.24. The van der Waals surface area contributed by atoms with Gasteiger partial charge in [0.1, 0.15) is 5.75 Å². The van der Waals surface area contributed by atoms with E-state index in [0.29, 0.717) is 17.0 Å². The van der Waals surface area contributed by atoms with E-state index in [1.165, 1.54) is 25.3 Å². The molecule has 2 heterocycles. The van der Waals surface area contributed by atoms with Crippen LogP contribution >= 0.6 is 0 Å². The number of aromatic nitrogens is 4. The van der Waals surface area contributed by atoms with Gasteiger partial charge in [0.05, 0.1) is 36.1 Å². The van der Waals surface area contributed by atoms with Crippen LogP contribution in [0.5, 0.6) is 5.75 Å². The fourth-order valence-corrected chi connectivity index (χ4v) is 3.24. The number of carbonyl (C=O) groups is 1. The largest absolute Gasteiger partial charge is 0.494 e. The van der Waals surface area contributed by atoms with Crippen LogP contribution in [0.15, 0.2) is 61.1 Å². The Hall–Kier alpha value is -4.41. The quantitative estimate of drug-likeness (QED) is 0.405. The Balaban J connectivity index is 1.68. The van der Waals surface area contributed by atoms with Crippen LogP contribution in [0.3, 0.4) is 0 Å². The monoisotopic (exact) mass is 469 g/mol. The standard InChI is InChI=1S/C23H18F3N5O3/c1-13-11-31(12-27-13)19-8-7-16(9-20(19)34-2)28-22-29-17(10-18(30-22)21(32)33)14-3-5-15(6-4-14)23(24,25)26/h3-12H,1-2H3,(H,32,33)(H,28,29,30). The minimum atomic E-state index is -4.48. The van der Waals surface area contributed by atoms with Crippen LogP contribution in [0, 0.1) is 6.92 Å². The van der Waals surface area contributed by atoms with E-state index in [1.54, 1.807) is 29.1 Å². The average Bonchev–Trinajstić information content (AvgIpc) is 3.24. The van der Waals surface area contributed by atoms with Crippen LogP contribution in [0.4, 0.5) is 24.8 Å². The van der Waals surface area contributed by atoms with Crippen molar-refractivity contribution in [3.63, 3.8) is 0 Å².